The van der Waals surface area contributed by atoms with Crippen LogP contribution < -0.4 is 11.1 Å². The van der Waals surface area contributed by atoms with E-state index in [1.54, 1.807) is 24.2 Å². The minimum absolute atomic E-state index is 0.400. The Morgan fingerprint density at radius 3 is 2.84 bits per heavy atom. The van der Waals surface area contributed by atoms with Gasteiger partial charge in [-0.15, -0.1) is 0 Å². The van der Waals surface area contributed by atoms with Crippen LogP contribution in [0.1, 0.15) is 12.0 Å². The largest absolute Gasteiger partial charge is 0.382 e. The smallest absolute Gasteiger partial charge is 0.250 e. The molecule has 1 rings (SSSR count). The topological polar surface area (TPSA) is 88.2 Å². The average Bonchev–Trinajstić information content (AvgIpc) is 2.44. The first-order chi connectivity index (χ1) is 9.15. The van der Waals surface area contributed by atoms with Crippen LogP contribution in [0.2, 0.25) is 0 Å². The number of hydrogen-bond acceptors (Lipinski definition) is 5. The molecule has 0 radical (unpaired) electrons. The molecule has 0 fully saturated rings. The van der Waals surface area contributed by atoms with Crippen LogP contribution in [-0.4, -0.2) is 46.7 Å². The molecular weight excluding hydrogens is 262 g/mol. The lowest BCUT2D eigenvalue weighted by molar-refractivity contribution is -0.130. The lowest BCUT2D eigenvalue weighted by atomic mass is 10.1. The third-order valence-electron chi connectivity index (χ3n) is 2.79. The molecule has 0 aliphatic rings. The Labute approximate surface area is 118 Å². The summed E-state index contributed by atoms with van der Waals surface area (Å²) in [5.74, 6) is 0.436. The molecule has 1 heterocycles. The highest BCUT2D eigenvalue weighted by molar-refractivity contribution is 7.98. The van der Waals surface area contributed by atoms with Crippen molar-refractivity contribution in [2.24, 2.45) is 5.73 Å². The third kappa shape index (κ3) is 6.04. The number of aliphatic hydroxyl groups is 1. The molecule has 1 amide bonds. The summed E-state index contributed by atoms with van der Waals surface area (Å²) in [6.07, 6.45) is 5.59. The van der Waals surface area contributed by atoms with E-state index in [4.69, 9.17) is 5.73 Å². The average molecular weight is 283 g/mol. The van der Waals surface area contributed by atoms with Crippen molar-refractivity contribution in [3.05, 3.63) is 30.1 Å². The summed E-state index contributed by atoms with van der Waals surface area (Å²) in [5, 5.41) is 12.4. The SMILES string of the molecule is CSCC[C@@H](N)C(O)C(=O)NCCc1ccncc1. The number of amides is 1. The minimum Gasteiger partial charge on any atom is -0.382 e. The van der Waals surface area contributed by atoms with Crippen molar-refractivity contribution in [3.63, 3.8) is 0 Å². The number of nitrogens with two attached hydrogens (primary N) is 1. The monoisotopic (exact) mass is 283 g/mol. The van der Waals surface area contributed by atoms with Gasteiger partial charge in [-0.3, -0.25) is 9.78 Å². The van der Waals surface area contributed by atoms with Crippen LogP contribution in [0.4, 0.5) is 0 Å². The maximum Gasteiger partial charge on any atom is 0.250 e. The van der Waals surface area contributed by atoms with E-state index in [0.717, 1.165) is 11.3 Å². The van der Waals surface area contributed by atoms with Gasteiger partial charge in [0.1, 0.15) is 6.10 Å². The summed E-state index contributed by atoms with van der Waals surface area (Å²) in [6, 6.07) is 3.29. The second-order valence-corrected chi connectivity index (χ2v) is 5.27. The molecule has 4 N–H and O–H groups in total. The van der Waals surface area contributed by atoms with Crippen LogP contribution >= 0.6 is 11.8 Å². The number of aromatic nitrogens is 1. The number of carbonyl (C=O) groups excluding carboxylic acids is 1. The Morgan fingerprint density at radius 2 is 2.21 bits per heavy atom. The van der Waals surface area contributed by atoms with Gasteiger partial charge in [-0.1, -0.05) is 0 Å². The minimum atomic E-state index is -1.13. The van der Waals surface area contributed by atoms with Crippen LogP contribution in [0.15, 0.2) is 24.5 Å². The summed E-state index contributed by atoms with van der Waals surface area (Å²) in [4.78, 5) is 15.6. The van der Waals surface area contributed by atoms with Gasteiger partial charge in [0.15, 0.2) is 0 Å². The van der Waals surface area contributed by atoms with Gasteiger partial charge in [-0.25, -0.2) is 0 Å². The molecule has 106 valence electrons. The van der Waals surface area contributed by atoms with Crippen LogP contribution in [0.5, 0.6) is 0 Å². The first-order valence-electron chi connectivity index (χ1n) is 6.24. The Morgan fingerprint density at radius 1 is 1.53 bits per heavy atom. The quantitative estimate of drug-likeness (QED) is 0.633. The summed E-state index contributed by atoms with van der Waals surface area (Å²) in [5.41, 5.74) is 6.85. The predicted octanol–water partition coefficient (Wildman–Crippen LogP) is 0.182. The highest BCUT2D eigenvalue weighted by atomic mass is 32.2. The van der Waals surface area contributed by atoms with E-state index in [0.29, 0.717) is 19.4 Å². The van der Waals surface area contributed by atoms with E-state index in [1.165, 1.54) is 0 Å². The lowest BCUT2D eigenvalue weighted by Crippen LogP contribution is -2.47. The van der Waals surface area contributed by atoms with Crippen LogP contribution in [0.25, 0.3) is 0 Å². The molecule has 19 heavy (non-hydrogen) atoms. The molecule has 0 saturated carbocycles. The molecule has 0 aliphatic carbocycles. The summed E-state index contributed by atoms with van der Waals surface area (Å²) < 4.78 is 0. The Bertz CT molecular complexity index is 375. The highest BCUT2D eigenvalue weighted by Crippen LogP contribution is 2.03. The number of nitrogens with zero attached hydrogens (tertiary/aromatic N) is 1. The lowest BCUT2D eigenvalue weighted by Gasteiger charge is -2.17. The van der Waals surface area contributed by atoms with Gasteiger partial charge >= 0.3 is 0 Å². The Hall–Kier alpha value is -1.11. The van der Waals surface area contributed by atoms with Crippen LogP contribution in [0.3, 0.4) is 0 Å². The van der Waals surface area contributed by atoms with E-state index in [2.05, 4.69) is 10.3 Å². The molecule has 6 heteroatoms. The second kappa shape index (κ2) is 8.90. The molecule has 1 aromatic heterocycles. The number of carbonyl (C=O) groups is 1. The molecule has 2 atom stereocenters. The fourth-order valence-electron chi connectivity index (χ4n) is 1.59. The second-order valence-electron chi connectivity index (χ2n) is 4.29. The van der Waals surface area contributed by atoms with Crippen molar-refractivity contribution >= 4 is 17.7 Å². The standard InChI is InChI=1S/C13H21N3O2S/c1-19-9-5-11(14)12(17)13(18)16-8-4-10-2-6-15-7-3-10/h2-3,6-7,11-12,17H,4-5,8-9,14H2,1H3,(H,16,18)/t11-,12?/m1/s1. The maximum atomic E-state index is 11.7. The molecule has 0 aliphatic heterocycles. The molecule has 0 bridgehead atoms. The zero-order valence-corrected chi connectivity index (χ0v) is 11.9. The van der Waals surface area contributed by atoms with Gasteiger partial charge in [0, 0.05) is 25.0 Å². The zero-order chi connectivity index (χ0) is 14.1. The summed E-state index contributed by atoms with van der Waals surface area (Å²) in [6.45, 7) is 0.481. The van der Waals surface area contributed by atoms with E-state index in [9.17, 15) is 9.90 Å². The third-order valence-corrected chi connectivity index (χ3v) is 3.44. The zero-order valence-electron chi connectivity index (χ0n) is 11.1. The van der Waals surface area contributed by atoms with Gasteiger partial charge in [0.25, 0.3) is 0 Å². The van der Waals surface area contributed by atoms with E-state index in [1.807, 2.05) is 18.4 Å². The number of aliphatic hydroxyl groups excluding tert-OH is 1. The Kier molecular flexibility index (Phi) is 7.47. The van der Waals surface area contributed by atoms with Gasteiger partial charge in [-0.2, -0.15) is 11.8 Å². The van der Waals surface area contributed by atoms with Gasteiger partial charge in [0.2, 0.25) is 5.91 Å². The predicted molar refractivity (Wildman–Crippen MR) is 77.9 cm³/mol. The fourth-order valence-corrected chi connectivity index (χ4v) is 2.10. The molecule has 0 saturated heterocycles. The summed E-state index contributed by atoms with van der Waals surface area (Å²) >= 11 is 1.65. The van der Waals surface area contributed by atoms with E-state index in [-0.39, 0.29) is 0 Å². The highest BCUT2D eigenvalue weighted by Gasteiger charge is 2.21. The number of hydrogen-bond donors (Lipinski definition) is 3. The van der Waals surface area contributed by atoms with E-state index >= 15 is 0 Å². The fraction of sp³-hybridized carbons (Fsp3) is 0.538. The van der Waals surface area contributed by atoms with Gasteiger partial charge < -0.3 is 16.2 Å². The van der Waals surface area contributed by atoms with Gasteiger partial charge in [0.05, 0.1) is 0 Å². The number of rotatable bonds is 8. The van der Waals surface area contributed by atoms with E-state index < -0.39 is 18.1 Å². The Balaban J connectivity index is 2.26. The number of thioether (sulfide) groups is 1. The molecular formula is C13H21N3O2S. The van der Waals surface area contributed by atoms with Crippen molar-refractivity contribution < 1.29 is 9.90 Å². The van der Waals surface area contributed by atoms with Crippen molar-refractivity contribution in [2.45, 2.75) is 25.0 Å². The van der Waals surface area contributed by atoms with Crippen molar-refractivity contribution in [3.8, 4) is 0 Å². The summed E-state index contributed by atoms with van der Waals surface area (Å²) in [7, 11) is 0. The van der Waals surface area contributed by atoms with Crippen molar-refractivity contribution in [1.82, 2.24) is 10.3 Å². The number of pyridine rings is 1. The van der Waals surface area contributed by atoms with Crippen molar-refractivity contribution in [1.29, 1.82) is 0 Å². The van der Waals surface area contributed by atoms with Gasteiger partial charge in [-0.05, 0) is 42.5 Å². The molecule has 5 nitrogen and oxygen atoms in total. The molecule has 1 unspecified atom stereocenters. The molecule has 0 spiro atoms. The first-order valence-corrected chi connectivity index (χ1v) is 7.63. The van der Waals surface area contributed by atoms with Crippen LogP contribution in [-0.2, 0) is 11.2 Å². The molecule has 1 aromatic rings. The van der Waals surface area contributed by atoms with Crippen LogP contribution in [0, 0.1) is 0 Å². The van der Waals surface area contributed by atoms with Crippen molar-refractivity contribution in [2.75, 3.05) is 18.6 Å². The number of nitrogens with one attached hydrogen (secondary N) is 1. The maximum absolute atomic E-state index is 11.7. The normalized spacial score (nSPS) is 13.8. The molecule has 0 aromatic carbocycles. The first kappa shape index (κ1) is 15.9.